The summed E-state index contributed by atoms with van der Waals surface area (Å²) in [6.07, 6.45) is 2.36. The summed E-state index contributed by atoms with van der Waals surface area (Å²) < 4.78 is 0. The van der Waals surface area contributed by atoms with Gasteiger partial charge in [-0.3, -0.25) is 9.59 Å². The van der Waals surface area contributed by atoms with Crippen LogP contribution in [0, 0.1) is 0 Å². The minimum Gasteiger partial charge on any atom is -0.353 e. The quantitative estimate of drug-likeness (QED) is 0.724. The van der Waals surface area contributed by atoms with E-state index in [0.29, 0.717) is 44.3 Å². The summed E-state index contributed by atoms with van der Waals surface area (Å²) in [5.41, 5.74) is 0.881. The van der Waals surface area contributed by atoms with Gasteiger partial charge in [-0.05, 0) is 30.5 Å². The number of hydrogen-bond acceptors (Lipinski definition) is 4. The number of pyridine rings is 1. The van der Waals surface area contributed by atoms with E-state index in [2.05, 4.69) is 9.88 Å². The normalized spacial score (nSPS) is 18.7. The first-order valence-corrected chi connectivity index (χ1v) is 10.5. The zero-order valence-electron chi connectivity index (χ0n) is 16.3. The number of anilines is 1. The molecule has 152 valence electrons. The highest BCUT2D eigenvalue weighted by Gasteiger charge is 2.36. The van der Waals surface area contributed by atoms with Crippen LogP contribution >= 0.6 is 11.6 Å². The number of aromatic nitrogens is 1. The van der Waals surface area contributed by atoms with Gasteiger partial charge in [-0.2, -0.15) is 0 Å². The van der Waals surface area contributed by atoms with Crippen molar-refractivity contribution in [1.82, 2.24) is 14.8 Å². The maximum Gasteiger partial charge on any atom is 0.250 e. The maximum atomic E-state index is 13.5. The minimum atomic E-state index is -0.542. The van der Waals surface area contributed by atoms with Crippen LogP contribution in [-0.4, -0.2) is 59.3 Å². The molecular weight excluding hydrogens is 388 g/mol. The molecule has 0 spiro atoms. The predicted octanol–water partition coefficient (Wildman–Crippen LogP) is 3.14. The molecule has 7 heteroatoms. The molecule has 2 aliphatic heterocycles. The molecule has 0 aliphatic carbocycles. The van der Waals surface area contributed by atoms with Crippen molar-refractivity contribution in [2.75, 3.05) is 37.6 Å². The van der Waals surface area contributed by atoms with Gasteiger partial charge < -0.3 is 14.7 Å². The van der Waals surface area contributed by atoms with E-state index < -0.39 is 6.04 Å². The third-order valence-electron chi connectivity index (χ3n) is 5.64. The number of nitrogens with zero attached hydrogens (tertiary/aromatic N) is 4. The largest absolute Gasteiger partial charge is 0.353 e. The Balaban J connectivity index is 1.50. The minimum absolute atomic E-state index is 0.00477. The highest BCUT2D eigenvalue weighted by molar-refractivity contribution is 6.29. The summed E-state index contributed by atoms with van der Waals surface area (Å²) in [6, 6.07) is 14.7. The van der Waals surface area contributed by atoms with Crippen molar-refractivity contribution in [2.24, 2.45) is 0 Å². The van der Waals surface area contributed by atoms with Crippen LogP contribution in [-0.2, 0) is 9.59 Å². The lowest BCUT2D eigenvalue weighted by molar-refractivity contribution is -0.148. The van der Waals surface area contributed by atoms with E-state index in [1.807, 2.05) is 47.4 Å². The standard InChI is InChI=1S/C22H25ClN4O2/c23-18-9-6-10-19(24-18)25-13-15-26(16-14-25)22(29)21(17-7-2-1-3-8-17)27-12-5-4-11-20(27)28/h1-3,6-10,21H,4-5,11-16H2. The molecule has 4 rings (SSSR count). The molecule has 0 radical (unpaired) electrons. The smallest absolute Gasteiger partial charge is 0.250 e. The van der Waals surface area contributed by atoms with E-state index in [4.69, 9.17) is 11.6 Å². The number of benzene rings is 1. The lowest BCUT2D eigenvalue weighted by Crippen LogP contribution is -2.53. The summed E-state index contributed by atoms with van der Waals surface area (Å²) in [5.74, 6) is 0.904. The summed E-state index contributed by atoms with van der Waals surface area (Å²) in [7, 11) is 0. The molecule has 1 aromatic heterocycles. The van der Waals surface area contributed by atoms with Gasteiger partial charge in [0.1, 0.15) is 17.0 Å². The Bertz CT molecular complexity index is 868. The SMILES string of the molecule is O=C(C(c1ccccc1)N1CCCCC1=O)N1CCN(c2cccc(Cl)n2)CC1. The van der Waals surface area contributed by atoms with Crippen molar-refractivity contribution in [3.63, 3.8) is 0 Å². The van der Waals surface area contributed by atoms with E-state index in [-0.39, 0.29) is 11.8 Å². The number of amides is 2. The summed E-state index contributed by atoms with van der Waals surface area (Å²) >= 11 is 6.01. The highest BCUT2D eigenvalue weighted by Crippen LogP contribution is 2.28. The molecule has 2 aromatic rings. The Labute approximate surface area is 176 Å². The molecule has 2 aliphatic rings. The topological polar surface area (TPSA) is 56.8 Å². The molecule has 3 heterocycles. The Morgan fingerprint density at radius 3 is 2.38 bits per heavy atom. The lowest BCUT2D eigenvalue weighted by Gasteiger charge is -2.40. The van der Waals surface area contributed by atoms with Crippen molar-refractivity contribution in [3.8, 4) is 0 Å². The molecule has 6 nitrogen and oxygen atoms in total. The van der Waals surface area contributed by atoms with Gasteiger partial charge in [-0.1, -0.05) is 48.0 Å². The fourth-order valence-electron chi connectivity index (χ4n) is 4.09. The number of hydrogen-bond donors (Lipinski definition) is 0. The van der Waals surface area contributed by atoms with Crippen molar-refractivity contribution >= 4 is 29.2 Å². The van der Waals surface area contributed by atoms with Crippen molar-refractivity contribution in [2.45, 2.75) is 25.3 Å². The number of likely N-dealkylation sites (tertiary alicyclic amines) is 1. The lowest BCUT2D eigenvalue weighted by atomic mass is 9.99. The van der Waals surface area contributed by atoms with Gasteiger partial charge in [0, 0.05) is 39.1 Å². The van der Waals surface area contributed by atoms with Gasteiger partial charge in [0.25, 0.3) is 0 Å². The molecule has 1 aromatic carbocycles. The molecular formula is C22H25ClN4O2. The van der Waals surface area contributed by atoms with E-state index in [9.17, 15) is 9.59 Å². The van der Waals surface area contributed by atoms with Crippen LogP contribution in [0.15, 0.2) is 48.5 Å². The van der Waals surface area contributed by atoms with Crippen LogP contribution in [0.3, 0.4) is 0 Å². The number of rotatable bonds is 4. The van der Waals surface area contributed by atoms with Gasteiger partial charge in [0.2, 0.25) is 11.8 Å². The Kier molecular flexibility index (Phi) is 6.00. The molecule has 0 N–H and O–H groups in total. The number of carbonyl (C=O) groups excluding carboxylic acids is 2. The van der Waals surface area contributed by atoms with E-state index >= 15 is 0 Å². The van der Waals surface area contributed by atoms with Crippen LogP contribution in [0.2, 0.25) is 5.15 Å². The van der Waals surface area contributed by atoms with Gasteiger partial charge >= 0.3 is 0 Å². The molecule has 1 atom stereocenters. The Morgan fingerprint density at radius 2 is 1.69 bits per heavy atom. The van der Waals surface area contributed by atoms with Crippen molar-refractivity contribution in [3.05, 3.63) is 59.2 Å². The number of piperazine rings is 1. The van der Waals surface area contributed by atoms with Gasteiger partial charge in [0.05, 0.1) is 0 Å². The summed E-state index contributed by atoms with van der Waals surface area (Å²) in [5, 5.41) is 0.466. The fraction of sp³-hybridized carbons (Fsp3) is 0.409. The summed E-state index contributed by atoms with van der Waals surface area (Å²) in [6.45, 7) is 3.20. The number of piperidine rings is 1. The second kappa shape index (κ2) is 8.82. The molecule has 2 saturated heterocycles. The zero-order chi connectivity index (χ0) is 20.2. The van der Waals surface area contributed by atoms with Crippen molar-refractivity contribution < 1.29 is 9.59 Å². The maximum absolute atomic E-state index is 13.5. The first-order valence-electron chi connectivity index (χ1n) is 10.1. The van der Waals surface area contributed by atoms with Gasteiger partial charge in [-0.25, -0.2) is 4.98 Å². The van der Waals surface area contributed by atoms with Gasteiger partial charge in [-0.15, -0.1) is 0 Å². The number of halogens is 1. The first-order chi connectivity index (χ1) is 14.1. The zero-order valence-corrected chi connectivity index (χ0v) is 17.1. The van der Waals surface area contributed by atoms with Crippen molar-refractivity contribution in [1.29, 1.82) is 0 Å². The number of carbonyl (C=O) groups is 2. The molecule has 0 saturated carbocycles. The summed E-state index contributed by atoms with van der Waals surface area (Å²) in [4.78, 5) is 36.3. The molecule has 29 heavy (non-hydrogen) atoms. The third kappa shape index (κ3) is 4.37. The van der Waals surface area contributed by atoms with Crippen LogP contribution in [0.4, 0.5) is 5.82 Å². The molecule has 2 amide bonds. The average Bonchev–Trinajstić information content (AvgIpc) is 2.76. The highest BCUT2D eigenvalue weighted by atomic mass is 35.5. The van der Waals surface area contributed by atoms with E-state index in [1.54, 1.807) is 11.0 Å². The third-order valence-corrected chi connectivity index (χ3v) is 5.85. The Hall–Kier alpha value is -2.60. The predicted molar refractivity (Wildman–Crippen MR) is 113 cm³/mol. The molecule has 2 fully saturated rings. The molecule has 0 bridgehead atoms. The second-order valence-corrected chi connectivity index (χ2v) is 7.88. The van der Waals surface area contributed by atoms with Crippen LogP contribution < -0.4 is 4.90 Å². The van der Waals surface area contributed by atoms with Crippen LogP contribution in [0.25, 0.3) is 0 Å². The molecule has 1 unspecified atom stereocenters. The van der Waals surface area contributed by atoms with Crippen LogP contribution in [0.1, 0.15) is 30.9 Å². The second-order valence-electron chi connectivity index (χ2n) is 7.49. The fourth-order valence-corrected chi connectivity index (χ4v) is 4.25. The average molecular weight is 413 g/mol. The van der Waals surface area contributed by atoms with E-state index in [1.165, 1.54) is 0 Å². The monoisotopic (exact) mass is 412 g/mol. The first kappa shape index (κ1) is 19.7. The van der Waals surface area contributed by atoms with E-state index in [0.717, 1.165) is 24.2 Å². The van der Waals surface area contributed by atoms with Crippen LogP contribution in [0.5, 0.6) is 0 Å². The van der Waals surface area contributed by atoms with Gasteiger partial charge in [0.15, 0.2) is 0 Å². The Morgan fingerprint density at radius 1 is 0.931 bits per heavy atom.